The summed E-state index contributed by atoms with van der Waals surface area (Å²) in [6.45, 7) is 5.76. The maximum absolute atomic E-state index is 8.36. The fourth-order valence-corrected chi connectivity index (χ4v) is 0.619. The van der Waals surface area contributed by atoms with Crippen molar-refractivity contribution in [3.05, 3.63) is 29.8 Å². The van der Waals surface area contributed by atoms with Gasteiger partial charge in [-0.25, -0.2) is 5.53 Å². The zero-order chi connectivity index (χ0) is 11.4. The van der Waals surface area contributed by atoms with Crippen LogP contribution in [-0.2, 0) is 4.79 Å². The van der Waals surface area contributed by atoms with E-state index < -0.39 is 0 Å². The lowest BCUT2D eigenvalue weighted by Crippen LogP contribution is -1.66. The van der Waals surface area contributed by atoms with Gasteiger partial charge < -0.3 is 5.11 Å². The van der Waals surface area contributed by atoms with Gasteiger partial charge in [0.2, 0.25) is 0 Å². The summed E-state index contributed by atoms with van der Waals surface area (Å²) in [5.74, 6) is 0. The summed E-state index contributed by atoms with van der Waals surface area (Å²) in [6, 6.07) is 7.52. The molecule has 4 nitrogen and oxygen atoms in total. The van der Waals surface area contributed by atoms with Crippen LogP contribution in [-0.4, -0.2) is 11.6 Å². The number of aryl methyl sites for hydroxylation is 1. The van der Waals surface area contributed by atoms with Crippen molar-refractivity contribution in [2.45, 2.75) is 20.8 Å². The third-order valence-electron chi connectivity index (χ3n) is 1.16. The molecule has 0 saturated carbocycles. The summed E-state index contributed by atoms with van der Waals surface area (Å²) < 4.78 is 0. The van der Waals surface area contributed by atoms with Crippen LogP contribution in [0.5, 0.6) is 0 Å². The van der Waals surface area contributed by atoms with Crippen LogP contribution in [0.4, 0.5) is 5.69 Å². The Morgan fingerprint density at radius 1 is 1.29 bits per heavy atom. The molecule has 4 heteroatoms. The third kappa shape index (κ3) is 8.39. The third-order valence-corrected chi connectivity index (χ3v) is 1.16. The maximum atomic E-state index is 8.36. The Kier molecular flexibility index (Phi) is 11.9. The van der Waals surface area contributed by atoms with E-state index in [9.17, 15) is 0 Å². The van der Waals surface area contributed by atoms with Crippen molar-refractivity contribution in [1.29, 1.82) is 5.53 Å². The highest BCUT2D eigenvalue weighted by Crippen LogP contribution is 2.10. The van der Waals surface area contributed by atoms with Gasteiger partial charge in [-0.15, -0.1) is 0 Å². The lowest BCUT2D eigenvalue weighted by molar-refractivity contribution is -0.122. The highest BCUT2D eigenvalue weighted by atomic mass is 16.3. The van der Waals surface area contributed by atoms with Crippen molar-refractivity contribution in [3.63, 3.8) is 0 Å². The molecule has 0 atom stereocenters. The van der Waals surface area contributed by atoms with Gasteiger partial charge in [0, 0.05) is 0 Å². The van der Waals surface area contributed by atoms with Crippen molar-refractivity contribution in [3.8, 4) is 0 Å². The van der Waals surface area contributed by atoms with Crippen molar-refractivity contribution in [2.24, 2.45) is 5.11 Å². The van der Waals surface area contributed by atoms with E-state index in [1.54, 1.807) is 0 Å². The van der Waals surface area contributed by atoms with Crippen LogP contribution < -0.4 is 0 Å². The van der Waals surface area contributed by atoms with Crippen molar-refractivity contribution in [1.82, 2.24) is 0 Å². The molecule has 1 aromatic carbocycles. The van der Waals surface area contributed by atoms with E-state index in [4.69, 9.17) is 15.4 Å². The fourth-order valence-electron chi connectivity index (χ4n) is 0.619. The molecule has 0 spiro atoms. The molecule has 14 heavy (non-hydrogen) atoms. The summed E-state index contributed by atoms with van der Waals surface area (Å²) in [6.07, 6.45) is 0. The lowest BCUT2D eigenvalue weighted by atomic mass is 10.2. The molecular weight excluding hydrogens is 180 g/mol. The van der Waals surface area contributed by atoms with Crippen LogP contribution >= 0.6 is 0 Å². The van der Waals surface area contributed by atoms with Gasteiger partial charge in [-0.3, -0.25) is 4.79 Å². The van der Waals surface area contributed by atoms with Crippen LogP contribution in [0, 0.1) is 12.5 Å². The molecule has 1 rings (SSSR count). The van der Waals surface area contributed by atoms with E-state index in [1.165, 1.54) is 5.56 Å². The Labute approximate surface area is 84.1 Å². The minimum atomic E-state index is -0.250. The molecular formula is C10H16N2O2. The minimum Gasteiger partial charge on any atom is -0.483 e. The summed E-state index contributed by atoms with van der Waals surface area (Å²) in [4.78, 5) is 8.36. The Morgan fingerprint density at radius 2 is 1.64 bits per heavy atom. The van der Waals surface area contributed by atoms with Crippen LogP contribution in [0.15, 0.2) is 29.4 Å². The predicted molar refractivity (Wildman–Crippen MR) is 56.0 cm³/mol. The minimum absolute atomic E-state index is 0.250. The number of hydrogen-bond donors (Lipinski definition) is 2. The maximum Gasteiger partial charge on any atom is 0.290 e. The van der Waals surface area contributed by atoms with E-state index in [0.29, 0.717) is 5.69 Å². The Balaban J connectivity index is 0. The molecule has 0 saturated heterocycles. The first-order valence-electron chi connectivity index (χ1n) is 4.26. The standard InChI is InChI=1S/C7H8N2.C2H6.CH2O2/c1-6-2-4-7(9-8)5-3-6;1-2;2-1-3/h2-5,8H,1H3;1-2H3;1H,(H,2,3). The lowest BCUT2D eigenvalue weighted by Gasteiger charge is -1.89. The number of benzene rings is 1. The van der Waals surface area contributed by atoms with Gasteiger partial charge >= 0.3 is 0 Å². The van der Waals surface area contributed by atoms with E-state index >= 15 is 0 Å². The first-order chi connectivity index (χ1) is 6.74. The molecule has 0 amide bonds. The van der Waals surface area contributed by atoms with Crippen molar-refractivity contribution >= 4 is 12.2 Å². The van der Waals surface area contributed by atoms with Gasteiger partial charge in [-0.1, -0.05) is 31.5 Å². The number of rotatable bonds is 1. The highest BCUT2D eigenvalue weighted by Gasteiger charge is 1.84. The van der Waals surface area contributed by atoms with E-state index in [1.807, 2.05) is 45.0 Å². The predicted octanol–water partition coefficient (Wildman–Crippen LogP) is 3.38. The van der Waals surface area contributed by atoms with Crippen LogP contribution in [0.25, 0.3) is 0 Å². The van der Waals surface area contributed by atoms with Crippen LogP contribution in [0.3, 0.4) is 0 Å². The summed E-state index contributed by atoms with van der Waals surface area (Å²) >= 11 is 0. The Morgan fingerprint density at radius 3 is 1.93 bits per heavy atom. The molecule has 0 aliphatic rings. The second-order valence-corrected chi connectivity index (χ2v) is 2.05. The molecule has 0 bridgehead atoms. The number of carboxylic acid groups (broad SMARTS) is 1. The molecule has 0 aliphatic heterocycles. The van der Waals surface area contributed by atoms with Gasteiger partial charge in [0.25, 0.3) is 6.47 Å². The van der Waals surface area contributed by atoms with E-state index in [-0.39, 0.29) is 6.47 Å². The molecule has 0 heterocycles. The fraction of sp³-hybridized carbons (Fsp3) is 0.300. The first kappa shape index (κ1) is 14.8. The zero-order valence-electron chi connectivity index (χ0n) is 8.69. The molecule has 0 unspecified atom stereocenters. The van der Waals surface area contributed by atoms with Gasteiger partial charge in [0.15, 0.2) is 0 Å². The van der Waals surface area contributed by atoms with E-state index in [0.717, 1.165) is 0 Å². The second kappa shape index (κ2) is 11.3. The Hall–Kier alpha value is -1.71. The number of nitrogens with one attached hydrogen (secondary N) is 1. The van der Waals surface area contributed by atoms with Crippen molar-refractivity contribution in [2.75, 3.05) is 0 Å². The summed E-state index contributed by atoms with van der Waals surface area (Å²) in [5, 5.41) is 10.2. The topological polar surface area (TPSA) is 73.5 Å². The number of hydrogen-bond acceptors (Lipinski definition) is 3. The molecule has 0 aromatic heterocycles. The van der Waals surface area contributed by atoms with Gasteiger partial charge in [0.1, 0.15) is 0 Å². The van der Waals surface area contributed by atoms with Gasteiger partial charge in [0.05, 0.1) is 5.69 Å². The van der Waals surface area contributed by atoms with Crippen LogP contribution in [0.1, 0.15) is 19.4 Å². The van der Waals surface area contributed by atoms with Crippen LogP contribution in [0.2, 0.25) is 0 Å². The van der Waals surface area contributed by atoms with E-state index in [2.05, 4.69) is 5.11 Å². The zero-order valence-corrected chi connectivity index (χ0v) is 8.69. The molecule has 0 aliphatic carbocycles. The SMILES string of the molecule is CC.Cc1ccc(N=N)cc1.O=CO. The molecule has 78 valence electrons. The summed E-state index contributed by atoms with van der Waals surface area (Å²) in [7, 11) is 0. The Bertz CT molecular complexity index is 245. The average Bonchev–Trinajstić information content (AvgIpc) is 2.23. The number of nitrogens with zero attached hydrogens (tertiary/aromatic N) is 1. The van der Waals surface area contributed by atoms with Gasteiger partial charge in [-0.05, 0) is 19.1 Å². The molecule has 1 aromatic rings. The molecule has 2 N–H and O–H groups in total. The number of carbonyl (C=O) groups is 1. The molecule has 0 fully saturated rings. The summed E-state index contributed by atoms with van der Waals surface area (Å²) in [5.41, 5.74) is 8.54. The quantitative estimate of drug-likeness (QED) is 0.533. The first-order valence-corrected chi connectivity index (χ1v) is 4.26. The smallest absolute Gasteiger partial charge is 0.290 e. The normalized spacial score (nSPS) is 7.07. The average molecular weight is 196 g/mol. The monoisotopic (exact) mass is 196 g/mol. The van der Waals surface area contributed by atoms with Gasteiger partial charge in [-0.2, -0.15) is 5.11 Å². The van der Waals surface area contributed by atoms with Crippen molar-refractivity contribution < 1.29 is 9.90 Å². The molecule has 0 radical (unpaired) electrons. The largest absolute Gasteiger partial charge is 0.483 e. The highest BCUT2D eigenvalue weighted by molar-refractivity contribution is 5.37. The second-order valence-electron chi connectivity index (χ2n) is 2.05.